The maximum atomic E-state index is 13.4. The molecule has 3 aromatic carbocycles. The Balaban J connectivity index is 1.91. The number of rotatable bonds is 8. The van der Waals surface area contributed by atoms with Crippen molar-refractivity contribution in [2.75, 3.05) is 11.4 Å². The molecular weight excluding hydrogens is 346 g/mol. The second kappa shape index (κ2) is 9.52. The standard InChI is InChI=1S/C25H29NO2/c1-3-5-15-23(25(28)26(4-2)22-13-7-6-8-14-22)24(27)21-17-16-19-11-9-10-12-20(19)18-21/h6-14,16-18,23-24,27H,3-5,15H2,1-2H3/t23-,24-/m0/s1. The summed E-state index contributed by atoms with van der Waals surface area (Å²) in [5.41, 5.74) is 1.68. The van der Waals surface area contributed by atoms with Crippen molar-refractivity contribution >= 4 is 22.4 Å². The minimum atomic E-state index is -0.818. The van der Waals surface area contributed by atoms with Gasteiger partial charge in [0.2, 0.25) is 5.91 Å². The Morgan fingerprint density at radius 1 is 0.929 bits per heavy atom. The van der Waals surface area contributed by atoms with Crippen molar-refractivity contribution in [1.82, 2.24) is 0 Å². The largest absolute Gasteiger partial charge is 0.388 e. The molecule has 3 heteroatoms. The Morgan fingerprint density at radius 2 is 1.61 bits per heavy atom. The van der Waals surface area contributed by atoms with Gasteiger partial charge in [0.05, 0.1) is 12.0 Å². The second-order valence-corrected chi connectivity index (χ2v) is 7.22. The number of hydrogen-bond donors (Lipinski definition) is 1. The van der Waals surface area contributed by atoms with Crippen LogP contribution in [0.2, 0.25) is 0 Å². The van der Waals surface area contributed by atoms with E-state index in [9.17, 15) is 9.90 Å². The normalized spacial score (nSPS) is 13.2. The van der Waals surface area contributed by atoms with Gasteiger partial charge < -0.3 is 10.0 Å². The van der Waals surface area contributed by atoms with E-state index in [-0.39, 0.29) is 5.91 Å². The molecule has 0 spiro atoms. The fourth-order valence-corrected chi connectivity index (χ4v) is 3.74. The van der Waals surface area contributed by atoms with Crippen LogP contribution in [0.3, 0.4) is 0 Å². The number of para-hydroxylation sites is 1. The summed E-state index contributed by atoms with van der Waals surface area (Å²) < 4.78 is 0. The van der Waals surface area contributed by atoms with E-state index in [2.05, 4.69) is 13.0 Å². The first kappa shape index (κ1) is 20.1. The van der Waals surface area contributed by atoms with Crippen LogP contribution in [0.5, 0.6) is 0 Å². The molecule has 28 heavy (non-hydrogen) atoms. The molecule has 0 aromatic heterocycles. The number of fused-ring (bicyclic) bond motifs is 1. The van der Waals surface area contributed by atoms with Gasteiger partial charge in [-0.15, -0.1) is 0 Å². The number of hydrogen-bond acceptors (Lipinski definition) is 2. The lowest BCUT2D eigenvalue weighted by Crippen LogP contribution is -2.38. The Hall–Kier alpha value is -2.65. The summed E-state index contributed by atoms with van der Waals surface area (Å²) in [5.74, 6) is -0.468. The number of anilines is 1. The number of unbranched alkanes of at least 4 members (excludes halogenated alkanes) is 1. The predicted octanol–water partition coefficient (Wildman–Crippen LogP) is 5.73. The van der Waals surface area contributed by atoms with Crippen LogP contribution in [0.4, 0.5) is 5.69 Å². The Labute approximate surface area is 167 Å². The number of benzene rings is 3. The highest BCUT2D eigenvalue weighted by atomic mass is 16.3. The number of nitrogens with zero attached hydrogens (tertiary/aromatic N) is 1. The van der Waals surface area contributed by atoms with E-state index in [0.717, 1.165) is 34.9 Å². The van der Waals surface area contributed by atoms with Gasteiger partial charge in [-0.2, -0.15) is 0 Å². The third-order valence-corrected chi connectivity index (χ3v) is 5.33. The zero-order valence-corrected chi connectivity index (χ0v) is 16.7. The number of amides is 1. The van der Waals surface area contributed by atoms with Crippen LogP contribution >= 0.6 is 0 Å². The summed E-state index contributed by atoms with van der Waals surface area (Å²) in [6.07, 6.45) is 1.76. The molecule has 0 fully saturated rings. The Bertz CT molecular complexity index is 907. The van der Waals surface area contributed by atoms with Crippen LogP contribution in [0.25, 0.3) is 10.8 Å². The van der Waals surface area contributed by atoms with Crippen LogP contribution in [0, 0.1) is 5.92 Å². The van der Waals surface area contributed by atoms with Crippen LogP contribution < -0.4 is 4.90 Å². The molecule has 0 unspecified atom stereocenters. The van der Waals surface area contributed by atoms with E-state index in [4.69, 9.17) is 0 Å². The monoisotopic (exact) mass is 375 g/mol. The number of aliphatic hydroxyl groups is 1. The fraction of sp³-hybridized carbons (Fsp3) is 0.320. The number of carbonyl (C=O) groups excluding carboxylic acids is 1. The molecule has 0 aliphatic heterocycles. The Morgan fingerprint density at radius 3 is 2.29 bits per heavy atom. The van der Waals surface area contributed by atoms with E-state index in [1.54, 1.807) is 4.90 Å². The molecule has 0 saturated carbocycles. The summed E-state index contributed by atoms with van der Waals surface area (Å²) in [4.78, 5) is 15.2. The van der Waals surface area contributed by atoms with E-state index in [1.165, 1.54) is 0 Å². The molecule has 1 N–H and O–H groups in total. The van der Waals surface area contributed by atoms with Gasteiger partial charge in [0.25, 0.3) is 0 Å². The van der Waals surface area contributed by atoms with E-state index in [0.29, 0.717) is 13.0 Å². The van der Waals surface area contributed by atoms with Crippen molar-refractivity contribution < 1.29 is 9.90 Å². The molecule has 146 valence electrons. The van der Waals surface area contributed by atoms with Gasteiger partial charge in [-0.05, 0) is 47.9 Å². The van der Waals surface area contributed by atoms with Crippen molar-refractivity contribution in [3.8, 4) is 0 Å². The van der Waals surface area contributed by atoms with Crippen molar-refractivity contribution in [1.29, 1.82) is 0 Å². The maximum absolute atomic E-state index is 13.4. The SMILES string of the molecule is CCCC[C@H](C(=O)N(CC)c1ccccc1)[C@@H](O)c1ccc2ccccc2c1. The third-order valence-electron chi connectivity index (χ3n) is 5.33. The van der Waals surface area contributed by atoms with Gasteiger partial charge in [-0.1, -0.05) is 74.4 Å². The average Bonchev–Trinajstić information content (AvgIpc) is 2.75. The highest BCUT2D eigenvalue weighted by Crippen LogP contribution is 2.31. The molecular formula is C25H29NO2. The molecule has 0 aliphatic rings. The smallest absolute Gasteiger partial charge is 0.233 e. The van der Waals surface area contributed by atoms with Crippen LogP contribution in [0.15, 0.2) is 72.8 Å². The van der Waals surface area contributed by atoms with Crippen molar-refractivity contribution in [2.45, 2.75) is 39.2 Å². The maximum Gasteiger partial charge on any atom is 0.233 e. The van der Waals surface area contributed by atoms with Crippen molar-refractivity contribution in [3.63, 3.8) is 0 Å². The molecule has 3 rings (SSSR count). The zero-order chi connectivity index (χ0) is 19.9. The van der Waals surface area contributed by atoms with Gasteiger partial charge in [-0.25, -0.2) is 0 Å². The molecule has 0 heterocycles. The van der Waals surface area contributed by atoms with Crippen molar-refractivity contribution in [2.24, 2.45) is 5.92 Å². The van der Waals surface area contributed by atoms with Gasteiger partial charge in [-0.3, -0.25) is 4.79 Å². The molecule has 3 nitrogen and oxygen atoms in total. The second-order valence-electron chi connectivity index (χ2n) is 7.22. The highest BCUT2D eigenvalue weighted by Gasteiger charge is 2.31. The molecule has 0 aliphatic carbocycles. The highest BCUT2D eigenvalue weighted by molar-refractivity contribution is 5.95. The van der Waals surface area contributed by atoms with Gasteiger partial charge >= 0.3 is 0 Å². The number of aliphatic hydroxyl groups excluding tert-OH is 1. The molecule has 2 atom stereocenters. The minimum absolute atomic E-state index is 0.0113. The lowest BCUT2D eigenvalue weighted by atomic mass is 9.88. The molecule has 0 bridgehead atoms. The molecule has 1 amide bonds. The van der Waals surface area contributed by atoms with Crippen LogP contribution in [0.1, 0.15) is 44.8 Å². The summed E-state index contributed by atoms with van der Waals surface area (Å²) in [6, 6.07) is 23.8. The van der Waals surface area contributed by atoms with Gasteiger partial charge in [0, 0.05) is 12.2 Å². The molecule has 0 saturated heterocycles. The molecule has 3 aromatic rings. The predicted molar refractivity (Wildman–Crippen MR) is 116 cm³/mol. The van der Waals surface area contributed by atoms with E-state index >= 15 is 0 Å². The summed E-state index contributed by atoms with van der Waals surface area (Å²) in [6.45, 7) is 4.67. The lowest BCUT2D eigenvalue weighted by Gasteiger charge is -2.29. The summed E-state index contributed by atoms with van der Waals surface area (Å²) in [7, 11) is 0. The average molecular weight is 376 g/mol. The summed E-state index contributed by atoms with van der Waals surface area (Å²) in [5, 5.41) is 13.4. The fourth-order valence-electron chi connectivity index (χ4n) is 3.74. The quantitative estimate of drug-likeness (QED) is 0.546. The van der Waals surface area contributed by atoms with Gasteiger partial charge in [0.15, 0.2) is 0 Å². The van der Waals surface area contributed by atoms with E-state index in [1.807, 2.05) is 73.7 Å². The summed E-state index contributed by atoms with van der Waals surface area (Å²) >= 11 is 0. The van der Waals surface area contributed by atoms with Crippen LogP contribution in [-0.2, 0) is 4.79 Å². The number of carbonyl (C=O) groups is 1. The lowest BCUT2D eigenvalue weighted by molar-refractivity contribution is -0.126. The van der Waals surface area contributed by atoms with Gasteiger partial charge in [0.1, 0.15) is 0 Å². The van der Waals surface area contributed by atoms with Crippen molar-refractivity contribution in [3.05, 3.63) is 78.4 Å². The minimum Gasteiger partial charge on any atom is -0.388 e. The zero-order valence-electron chi connectivity index (χ0n) is 16.7. The molecule has 0 radical (unpaired) electrons. The Kier molecular flexibility index (Phi) is 6.83. The third kappa shape index (κ3) is 4.42. The topological polar surface area (TPSA) is 40.5 Å². The first-order chi connectivity index (χ1) is 13.7. The first-order valence-electron chi connectivity index (χ1n) is 10.2. The first-order valence-corrected chi connectivity index (χ1v) is 10.2. The van der Waals surface area contributed by atoms with Crippen LogP contribution in [-0.4, -0.2) is 17.6 Å². The van der Waals surface area contributed by atoms with E-state index < -0.39 is 12.0 Å².